The smallest absolute Gasteiger partial charge is 0.119 e. The summed E-state index contributed by atoms with van der Waals surface area (Å²) < 4.78 is 5.74. The Kier molecular flexibility index (Phi) is 5.96. The number of hydrogen-bond donors (Lipinski definition) is 1. The van der Waals surface area contributed by atoms with Crippen molar-refractivity contribution in [2.24, 2.45) is 5.73 Å². The molecule has 0 unspecified atom stereocenters. The van der Waals surface area contributed by atoms with Gasteiger partial charge in [-0.1, -0.05) is 29.8 Å². The van der Waals surface area contributed by atoms with Crippen LogP contribution in [0.2, 0.25) is 0 Å². The van der Waals surface area contributed by atoms with Crippen LogP contribution in [0.5, 0.6) is 5.75 Å². The lowest BCUT2D eigenvalue weighted by atomic mass is 10.1. The first-order chi connectivity index (χ1) is 9.78. The Bertz CT molecular complexity index is 525. The molecule has 20 heavy (non-hydrogen) atoms. The van der Waals surface area contributed by atoms with Crippen molar-refractivity contribution in [2.75, 3.05) is 18.9 Å². The molecule has 0 spiro atoms. The van der Waals surface area contributed by atoms with E-state index in [0.29, 0.717) is 6.54 Å². The maximum absolute atomic E-state index is 5.74. The van der Waals surface area contributed by atoms with Crippen molar-refractivity contribution in [1.82, 2.24) is 0 Å². The minimum absolute atomic E-state index is 0.688. The third-order valence-electron chi connectivity index (χ3n) is 2.97. The van der Waals surface area contributed by atoms with E-state index in [4.69, 9.17) is 10.5 Å². The van der Waals surface area contributed by atoms with E-state index in [-0.39, 0.29) is 0 Å². The van der Waals surface area contributed by atoms with E-state index >= 15 is 0 Å². The molecule has 0 heterocycles. The van der Waals surface area contributed by atoms with E-state index in [1.807, 2.05) is 23.9 Å². The average Bonchev–Trinajstić information content (AvgIpc) is 2.46. The van der Waals surface area contributed by atoms with E-state index in [1.165, 1.54) is 16.0 Å². The number of benzene rings is 2. The van der Waals surface area contributed by atoms with Crippen molar-refractivity contribution in [3.05, 3.63) is 59.7 Å². The summed E-state index contributed by atoms with van der Waals surface area (Å²) in [4.78, 5) is 1.30. The molecule has 2 rings (SSSR count). The molecule has 0 aliphatic heterocycles. The summed E-state index contributed by atoms with van der Waals surface area (Å²) in [5, 5.41) is 0. The standard InChI is InChI=1S/C17H21NOS/c1-14-3-2-4-17(13-14)20-12-11-19-16-7-5-15(6-8-16)9-10-18/h2-8,13H,9-12,18H2,1H3. The number of ether oxygens (including phenoxy) is 1. The minimum atomic E-state index is 0.688. The predicted octanol–water partition coefficient (Wildman–Crippen LogP) is 3.67. The normalized spacial score (nSPS) is 10.5. The lowest BCUT2D eigenvalue weighted by Gasteiger charge is -2.07. The number of thioether (sulfide) groups is 1. The second kappa shape index (κ2) is 7.98. The van der Waals surface area contributed by atoms with Crippen LogP contribution >= 0.6 is 11.8 Å². The van der Waals surface area contributed by atoms with Gasteiger partial charge in [0.25, 0.3) is 0 Å². The summed E-state index contributed by atoms with van der Waals surface area (Å²) in [6.07, 6.45) is 0.920. The van der Waals surface area contributed by atoms with Gasteiger partial charge in [0.15, 0.2) is 0 Å². The van der Waals surface area contributed by atoms with Crippen molar-refractivity contribution in [3.63, 3.8) is 0 Å². The van der Waals surface area contributed by atoms with E-state index in [0.717, 1.165) is 24.5 Å². The summed E-state index contributed by atoms with van der Waals surface area (Å²) in [7, 11) is 0. The second-order valence-electron chi connectivity index (χ2n) is 4.70. The van der Waals surface area contributed by atoms with Gasteiger partial charge in [-0.25, -0.2) is 0 Å². The molecule has 0 aromatic heterocycles. The van der Waals surface area contributed by atoms with Crippen LogP contribution in [0.15, 0.2) is 53.4 Å². The lowest BCUT2D eigenvalue weighted by molar-refractivity contribution is 0.344. The molecule has 0 saturated heterocycles. The first-order valence-electron chi connectivity index (χ1n) is 6.89. The van der Waals surface area contributed by atoms with Gasteiger partial charge in [-0.2, -0.15) is 0 Å². The third kappa shape index (κ3) is 4.91. The molecular weight excluding hydrogens is 266 g/mol. The van der Waals surface area contributed by atoms with Crippen molar-refractivity contribution in [1.29, 1.82) is 0 Å². The van der Waals surface area contributed by atoms with Crippen molar-refractivity contribution < 1.29 is 4.74 Å². The summed E-state index contributed by atoms with van der Waals surface area (Å²) in [6, 6.07) is 16.7. The van der Waals surface area contributed by atoms with Gasteiger partial charge in [0.05, 0.1) is 6.61 Å². The quantitative estimate of drug-likeness (QED) is 0.623. The van der Waals surface area contributed by atoms with Crippen LogP contribution in [0, 0.1) is 6.92 Å². The van der Waals surface area contributed by atoms with Crippen LogP contribution in [0.1, 0.15) is 11.1 Å². The molecular formula is C17H21NOS. The Morgan fingerprint density at radius 1 is 1.10 bits per heavy atom. The van der Waals surface area contributed by atoms with E-state index < -0.39 is 0 Å². The molecule has 2 aromatic carbocycles. The van der Waals surface area contributed by atoms with Crippen molar-refractivity contribution in [2.45, 2.75) is 18.2 Å². The fourth-order valence-corrected chi connectivity index (χ4v) is 2.79. The van der Waals surface area contributed by atoms with Gasteiger partial charge in [-0.15, -0.1) is 11.8 Å². The van der Waals surface area contributed by atoms with Crippen molar-refractivity contribution >= 4 is 11.8 Å². The van der Waals surface area contributed by atoms with Gasteiger partial charge in [0.1, 0.15) is 5.75 Å². The molecule has 0 aliphatic carbocycles. The Labute approximate surface area is 125 Å². The van der Waals surface area contributed by atoms with Gasteiger partial charge in [-0.05, 0) is 49.7 Å². The molecule has 0 bridgehead atoms. The first-order valence-corrected chi connectivity index (χ1v) is 7.88. The molecule has 2 aromatic rings. The fraction of sp³-hybridized carbons (Fsp3) is 0.294. The molecule has 0 atom stereocenters. The Morgan fingerprint density at radius 2 is 1.90 bits per heavy atom. The number of rotatable bonds is 7. The average molecular weight is 287 g/mol. The van der Waals surface area contributed by atoms with Crippen LogP contribution in [0.4, 0.5) is 0 Å². The topological polar surface area (TPSA) is 35.2 Å². The lowest BCUT2D eigenvalue weighted by Crippen LogP contribution is -2.03. The molecule has 2 N–H and O–H groups in total. The SMILES string of the molecule is Cc1cccc(SCCOc2ccc(CCN)cc2)c1. The summed E-state index contributed by atoms with van der Waals surface area (Å²) >= 11 is 1.82. The molecule has 106 valence electrons. The van der Waals surface area contributed by atoms with Gasteiger partial charge in [-0.3, -0.25) is 0 Å². The molecule has 0 radical (unpaired) electrons. The summed E-state index contributed by atoms with van der Waals surface area (Å²) in [5.74, 6) is 1.88. The van der Waals surface area contributed by atoms with Crippen LogP contribution in [0.25, 0.3) is 0 Å². The summed E-state index contributed by atoms with van der Waals surface area (Å²) in [6.45, 7) is 3.52. The highest BCUT2D eigenvalue weighted by atomic mass is 32.2. The molecule has 0 fully saturated rings. The fourth-order valence-electron chi connectivity index (χ4n) is 1.94. The van der Waals surface area contributed by atoms with Crippen LogP contribution in [0.3, 0.4) is 0 Å². The van der Waals surface area contributed by atoms with E-state index in [2.05, 4.69) is 43.3 Å². The minimum Gasteiger partial charge on any atom is -0.493 e. The van der Waals surface area contributed by atoms with Crippen LogP contribution in [-0.4, -0.2) is 18.9 Å². The zero-order valence-electron chi connectivity index (χ0n) is 11.8. The highest BCUT2D eigenvalue weighted by Crippen LogP contribution is 2.19. The molecule has 0 saturated carbocycles. The van der Waals surface area contributed by atoms with E-state index in [1.54, 1.807) is 0 Å². The van der Waals surface area contributed by atoms with Gasteiger partial charge >= 0.3 is 0 Å². The third-order valence-corrected chi connectivity index (χ3v) is 3.92. The Hall–Kier alpha value is -1.45. The number of nitrogens with two attached hydrogens (primary N) is 1. The molecule has 0 amide bonds. The Balaban J connectivity index is 1.73. The zero-order chi connectivity index (χ0) is 14.2. The highest BCUT2D eigenvalue weighted by molar-refractivity contribution is 7.99. The van der Waals surface area contributed by atoms with Crippen molar-refractivity contribution in [3.8, 4) is 5.75 Å². The number of aryl methyl sites for hydroxylation is 1. The van der Waals surface area contributed by atoms with Gasteiger partial charge < -0.3 is 10.5 Å². The van der Waals surface area contributed by atoms with Crippen LogP contribution in [-0.2, 0) is 6.42 Å². The predicted molar refractivity (Wildman–Crippen MR) is 86.6 cm³/mol. The van der Waals surface area contributed by atoms with Gasteiger partial charge in [0.2, 0.25) is 0 Å². The monoisotopic (exact) mass is 287 g/mol. The molecule has 0 aliphatic rings. The van der Waals surface area contributed by atoms with Crippen LogP contribution < -0.4 is 10.5 Å². The summed E-state index contributed by atoms with van der Waals surface area (Å²) in [5.41, 5.74) is 8.08. The second-order valence-corrected chi connectivity index (χ2v) is 5.86. The largest absolute Gasteiger partial charge is 0.493 e. The molecule has 2 nitrogen and oxygen atoms in total. The maximum Gasteiger partial charge on any atom is 0.119 e. The zero-order valence-corrected chi connectivity index (χ0v) is 12.7. The van der Waals surface area contributed by atoms with Gasteiger partial charge in [0, 0.05) is 10.6 Å². The number of hydrogen-bond acceptors (Lipinski definition) is 3. The maximum atomic E-state index is 5.74. The van der Waals surface area contributed by atoms with E-state index in [9.17, 15) is 0 Å². The highest BCUT2D eigenvalue weighted by Gasteiger charge is 1.97. The molecule has 3 heteroatoms. The Morgan fingerprint density at radius 3 is 2.60 bits per heavy atom. The first kappa shape index (κ1) is 14.9.